The summed E-state index contributed by atoms with van der Waals surface area (Å²) in [6.07, 6.45) is -7.86. The van der Waals surface area contributed by atoms with Crippen molar-refractivity contribution >= 4 is 11.7 Å². The molecule has 0 spiro atoms. The second-order valence-electron chi connectivity index (χ2n) is 8.48. The van der Waals surface area contributed by atoms with E-state index in [2.05, 4.69) is 10.3 Å². The first-order valence-electron chi connectivity index (χ1n) is 10.8. The minimum absolute atomic E-state index is 0.00169. The van der Waals surface area contributed by atoms with Gasteiger partial charge in [-0.3, -0.25) is 9.36 Å². The Kier molecular flexibility index (Phi) is 9.05. The van der Waals surface area contributed by atoms with Crippen LogP contribution in [0.15, 0.2) is 17.1 Å². The lowest BCUT2D eigenvalue weighted by atomic mass is 10.0. The fourth-order valence-corrected chi connectivity index (χ4v) is 3.31. The van der Waals surface area contributed by atoms with Gasteiger partial charge in [0.2, 0.25) is 5.91 Å². The quantitative estimate of drug-likeness (QED) is 0.454. The lowest BCUT2D eigenvalue weighted by Crippen LogP contribution is -2.49. The molecule has 33 heavy (non-hydrogen) atoms. The van der Waals surface area contributed by atoms with Crippen molar-refractivity contribution in [2.24, 2.45) is 0 Å². The number of aromatic nitrogens is 2. The van der Waals surface area contributed by atoms with Crippen LogP contribution in [0.4, 0.5) is 14.6 Å². The van der Waals surface area contributed by atoms with Crippen molar-refractivity contribution in [3.05, 3.63) is 22.7 Å². The third-order valence-electron chi connectivity index (χ3n) is 5.58. The number of aliphatic hydroxyl groups excluding tert-OH is 2. The lowest BCUT2D eigenvalue weighted by molar-refractivity contribution is -0.179. The van der Waals surface area contributed by atoms with Crippen LogP contribution in [0.25, 0.3) is 0 Å². The van der Waals surface area contributed by atoms with Gasteiger partial charge in [-0.2, -0.15) is 4.98 Å². The molecule has 3 N–H and O–H groups in total. The van der Waals surface area contributed by atoms with Gasteiger partial charge in [0.1, 0.15) is 18.0 Å². The summed E-state index contributed by atoms with van der Waals surface area (Å²) in [5.41, 5.74) is -0.842. The highest BCUT2D eigenvalue weighted by Gasteiger charge is 2.61. The van der Waals surface area contributed by atoms with E-state index < -0.39 is 72.9 Å². The number of carbonyl (C=O) groups is 1. The third-order valence-corrected chi connectivity index (χ3v) is 5.58. The monoisotopic (exact) mass is 477 g/mol. The van der Waals surface area contributed by atoms with E-state index in [0.717, 1.165) is 4.57 Å². The van der Waals surface area contributed by atoms with Crippen molar-refractivity contribution in [2.75, 3.05) is 5.32 Å². The smallest absolute Gasteiger partial charge is 0.349 e. The largest absolute Gasteiger partial charge is 0.391 e. The second kappa shape index (κ2) is 11.0. The minimum Gasteiger partial charge on any atom is -0.391 e. The van der Waals surface area contributed by atoms with E-state index in [1.807, 2.05) is 0 Å². The Labute approximate surface area is 190 Å². The van der Waals surface area contributed by atoms with Gasteiger partial charge in [0.05, 0.1) is 37.1 Å². The molecule has 1 amide bonds. The maximum Gasteiger partial charge on any atom is 0.349 e. The van der Waals surface area contributed by atoms with Crippen molar-refractivity contribution in [1.82, 2.24) is 9.55 Å². The molecule has 1 fully saturated rings. The number of hydrogen-bond acceptors (Lipinski definition) is 8. The average Bonchev–Trinajstić information content (AvgIpc) is 2.93. The molecule has 1 aliphatic heterocycles. The number of hydrogen-bond donors (Lipinski definition) is 3. The molecule has 1 saturated heterocycles. The zero-order valence-corrected chi connectivity index (χ0v) is 19.6. The predicted octanol–water partition coefficient (Wildman–Crippen LogP) is 0.933. The summed E-state index contributed by atoms with van der Waals surface area (Å²) in [7, 11) is 0. The summed E-state index contributed by atoms with van der Waals surface area (Å²) in [6.45, 7) is 8.24. The van der Waals surface area contributed by atoms with Crippen LogP contribution in [0.1, 0.15) is 41.5 Å². The summed E-state index contributed by atoms with van der Waals surface area (Å²) in [6, 6.07) is 1.31. The molecule has 1 aliphatic rings. The Morgan fingerprint density at radius 3 is 2.36 bits per heavy atom. The molecule has 8 atom stereocenters. The lowest BCUT2D eigenvalue weighted by Gasteiger charge is -2.31. The van der Waals surface area contributed by atoms with Crippen LogP contribution in [0, 0.1) is 0 Å². The molecule has 12 heteroatoms. The minimum atomic E-state index is -3.55. The Balaban J connectivity index is 2.30. The van der Waals surface area contributed by atoms with Crippen LogP contribution in [-0.2, 0) is 25.5 Å². The number of halogens is 2. The maximum absolute atomic E-state index is 15.4. The molecule has 1 aromatic heterocycles. The van der Waals surface area contributed by atoms with E-state index in [4.69, 9.17) is 14.2 Å². The van der Waals surface area contributed by atoms with E-state index in [-0.39, 0.29) is 5.82 Å². The van der Waals surface area contributed by atoms with Crippen LogP contribution in [0.5, 0.6) is 0 Å². The fraction of sp³-hybridized carbons (Fsp3) is 0.762. The Bertz CT molecular complexity index is 865. The van der Waals surface area contributed by atoms with Crippen molar-refractivity contribution in [3.8, 4) is 0 Å². The van der Waals surface area contributed by atoms with E-state index in [0.29, 0.717) is 0 Å². The first-order chi connectivity index (χ1) is 15.2. The highest BCUT2D eigenvalue weighted by atomic mass is 19.3. The van der Waals surface area contributed by atoms with Crippen LogP contribution in [0.3, 0.4) is 0 Å². The Morgan fingerprint density at radius 2 is 1.85 bits per heavy atom. The van der Waals surface area contributed by atoms with Crippen molar-refractivity contribution in [2.45, 2.75) is 103 Å². The summed E-state index contributed by atoms with van der Waals surface area (Å²) in [5, 5.41) is 21.8. The van der Waals surface area contributed by atoms with Gasteiger partial charge < -0.3 is 29.7 Å². The summed E-state index contributed by atoms with van der Waals surface area (Å²) in [4.78, 5) is 27.1. The molecule has 0 saturated carbocycles. The maximum atomic E-state index is 15.4. The predicted molar refractivity (Wildman–Crippen MR) is 114 cm³/mol. The molecule has 1 aromatic rings. The van der Waals surface area contributed by atoms with Crippen LogP contribution < -0.4 is 11.0 Å². The zero-order valence-electron chi connectivity index (χ0n) is 19.6. The molecule has 188 valence electrons. The number of alkyl halides is 2. The normalized spacial score (nSPS) is 26.9. The molecule has 4 unspecified atom stereocenters. The van der Waals surface area contributed by atoms with Gasteiger partial charge in [-0.15, -0.1) is 0 Å². The van der Waals surface area contributed by atoms with Gasteiger partial charge >= 0.3 is 11.6 Å². The Hall–Kier alpha value is -1.99. The molecule has 2 rings (SSSR count). The van der Waals surface area contributed by atoms with Crippen LogP contribution in [0.2, 0.25) is 0 Å². The van der Waals surface area contributed by atoms with Gasteiger partial charge in [-0.05, 0) is 40.7 Å². The standard InChI is InChI=1S/C21H33F2N3O7/c1-10(27)12(3)31-14(5)18-19(32-13(4)11(2)28)21(22,23)16(33-18)9-26-8-7-17(24-15(6)29)25-20(26)30/h7-8,10-14,16,18-19,27-28H,9H2,1-6H3,(H,24,25,29,30)/t10?,11?,12?,13?,14-,16-,18+,19+/m0/s1. The van der Waals surface area contributed by atoms with Crippen LogP contribution >= 0.6 is 0 Å². The van der Waals surface area contributed by atoms with Crippen LogP contribution in [-0.4, -0.2) is 80.4 Å². The molecule has 0 aromatic carbocycles. The number of nitrogens with zero attached hydrogens (tertiary/aromatic N) is 2. The number of nitrogens with one attached hydrogen (secondary N) is 1. The molecule has 0 bridgehead atoms. The van der Waals surface area contributed by atoms with Gasteiger partial charge in [-0.1, -0.05) is 0 Å². The summed E-state index contributed by atoms with van der Waals surface area (Å²) >= 11 is 0. The molecular weight excluding hydrogens is 444 g/mol. The van der Waals surface area contributed by atoms with Crippen molar-refractivity contribution in [1.29, 1.82) is 0 Å². The van der Waals surface area contributed by atoms with E-state index >= 15 is 8.78 Å². The van der Waals surface area contributed by atoms with Gasteiger partial charge in [0, 0.05) is 13.1 Å². The number of ether oxygens (including phenoxy) is 3. The highest BCUT2D eigenvalue weighted by Crippen LogP contribution is 2.41. The average molecular weight is 478 g/mol. The number of rotatable bonds is 10. The topological polar surface area (TPSA) is 132 Å². The van der Waals surface area contributed by atoms with E-state index in [1.54, 1.807) is 6.92 Å². The first-order valence-corrected chi connectivity index (χ1v) is 10.8. The number of aliphatic hydroxyl groups is 2. The fourth-order valence-electron chi connectivity index (χ4n) is 3.31. The SMILES string of the molecule is CC(=O)Nc1ccn(C[C@@H]2O[C@H]([C@H](C)OC(C)C(C)O)[C@@H](OC(C)C(C)O)C2(F)F)c(=O)n1. The number of anilines is 1. The molecule has 0 aliphatic carbocycles. The molecular formula is C21H33F2N3O7. The summed E-state index contributed by atoms with van der Waals surface area (Å²) < 4.78 is 48.7. The molecule has 2 heterocycles. The molecule has 10 nitrogen and oxygen atoms in total. The first kappa shape index (κ1) is 27.3. The van der Waals surface area contributed by atoms with Gasteiger partial charge in [0.15, 0.2) is 6.10 Å². The zero-order chi connectivity index (χ0) is 25.1. The van der Waals surface area contributed by atoms with Gasteiger partial charge in [-0.25, -0.2) is 13.6 Å². The molecule has 0 radical (unpaired) electrons. The Morgan fingerprint density at radius 1 is 1.24 bits per heavy atom. The second-order valence-corrected chi connectivity index (χ2v) is 8.48. The van der Waals surface area contributed by atoms with Gasteiger partial charge in [0.25, 0.3) is 0 Å². The number of carbonyl (C=O) groups excluding carboxylic acids is 1. The number of amides is 1. The van der Waals surface area contributed by atoms with E-state index in [1.165, 1.54) is 46.9 Å². The summed E-state index contributed by atoms with van der Waals surface area (Å²) in [5.74, 6) is -3.97. The highest BCUT2D eigenvalue weighted by molar-refractivity contribution is 5.87. The van der Waals surface area contributed by atoms with Crippen molar-refractivity contribution < 1.29 is 38.0 Å². The third kappa shape index (κ3) is 6.76. The van der Waals surface area contributed by atoms with Crippen molar-refractivity contribution in [3.63, 3.8) is 0 Å². The van der Waals surface area contributed by atoms with E-state index in [9.17, 15) is 19.8 Å².